The Bertz CT molecular complexity index is 632. The maximum Gasteiger partial charge on any atom is 0.131 e. The lowest BCUT2D eigenvalue weighted by molar-refractivity contribution is 0.299. The first-order chi connectivity index (χ1) is 10.2. The summed E-state index contributed by atoms with van der Waals surface area (Å²) in [6.45, 7) is 3.95. The topological polar surface area (TPSA) is 45.0 Å². The van der Waals surface area contributed by atoms with Crippen LogP contribution in [0.4, 0.5) is 4.39 Å². The summed E-state index contributed by atoms with van der Waals surface area (Å²) in [7, 11) is 0. The van der Waals surface area contributed by atoms with Crippen molar-refractivity contribution >= 4 is 0 Å². The average Bonchev–Trinajstić information content (AvgIpc) is 2.52. The zero-order chi connectivity index (χ0) is 15.1. The molecule has 4 heteroatoms. The summed E-state index contributed by atoms with van der Waals surface area (Å²) in [6.07, 6.45) is 0. The van der Waals surface area contributed by atoms with Gasteiger partial charge in [-0.15, -0.1) is 0 Å². The Balaban J connectivity index is 1.95. The van der Waals surface area contributed by atoms with Gasteiger partial charge in [-0.2, -0.15) is 5.26 Å². The fourth-order valence-electron chi connectivity index (χ4n) is 1.87. The Labute approximate surface area is 124 Å². The number of nitriles is 1. The van der Waals surface area contributed by atoms with Crippen molar-refractivity contribution in [3.05, 3.63) is 65.0 Å². The molecule has 0 radical (unpaired) electrons. The van der Waals surface area contributed by atoms with Gasteiger partial charge >= 0.3 is 0 Å². The van der Waals surface area contributed by atoms with Crippen molar-refractivity contribution in [3.8, 4) is 11.8 Å². The molecule has 0 aromatic heterocycles. The second-order valence-electron chi connectivity index (χ2n) is 4.63. The van der Waals surface area contributed by atoms with E-state index in [9.17, 15) is 4.39 Å². The fourth-order valence-corrected chi connectivity index (χ4v) is 1.87. The number of benzene rings is 2. The van der Waals surface area contributed by atoms with Crippen LogP contribution >= 0.6 is 0 Å². The van der Waals surface area contributed by atoms with Crippen LogP contribution in [0.5, 0.6) is 5.75 Å². The van der Waals surface area contributed by atoms with Crippen LogP contribution in [0.15, 0.2) is 42.5 Å². The molecule has 0 amide bonds. The molecule has 0 bridgehead atoms. The highest BCUT2D eigenvalue weighted by atomic mass is 19.1. The molecular formula is C17H17FN2O. The molecule has 0 aliphatic carbocycles. The molecule has 0 aliphatic heterocycles. The SMILES string of the molecule is CCNCc1ccc(OCc2ccc(C#N)cc2F)cc1. The molecule has 2 aromatic carbocycles. The van der Waals surface area contributed by atoms with E-state index in [0.717, 1.165) is 13.1 Å². The lowest BCUT2D eigenvalue weighted by Crippen LogP contribution is -2.11. The highest BCUT2D eigenvalue weighted by molar-refractivity contribution is 5.33. The van der Waals surface area contributed by atoms with Crippen LogP contribution in [0, 0.1) is 17.1 Å². The summed E-state index contributed by atoms with van der Waals surface area (Å²) in [5.41, 5.74) is 1.92. The van der Waals surface area contributed by atoms with Crippen molar-refractivity contribution in [1.82, 2.24) is 5.32 Å². The van der Waals surface area contributed by atoms with Gasteiger partial charge in [-0.25, -0.2) is 4.39 Å². The first kappa shape index (κ1) is 15.0. The maximum absolute atomic E-state index is 13.7. The minimum atomic E-state index is -0.419. The van der Waals surface area contributed by atoms with Crippen LogP contribution in [-0.4, -0.2) is 6.54 Å². The lowest BCUT2D eigenvalue weighted by atomic mass is 10.1. The molecule has 0 atom stereocenters. The summed E-state index contributed by atoms with van der Waals surface area (Å²) in [4.78, 5) is 0. The van der Waals surface area contributed by atoms with Crippen molar-refractivity contribution < 1.29 is 9.13 Å². The van der Waals surface area contributed by atoms with Gasteiger partial charge in [0.2, 0.25) is 0 Å². The van der Waals surface area contributed by atoms with Crippen LogP contribution in [-0.2, 0) is 13.2 Å². The molecule has 0 spiro atoms. The molecular weight excluding hydrogens is 267 g/mol. The Hall–Kier alpha value is -2.38. The van der Waals surface area contributed by atoms with E-state index in [4.69, 9.17) is 10.00 Å². The smallest absolute Gasteiger partial charge is 0.131 e. The van der Waals surface area contributed by atoms with Crippen LogP contribution in [0.2, 0.25) is 0 Å². The molecule has 2 rings (SSSR count). The predicted molar refractivity (Wildman–Crippen MR) is 79.3 cm³/mol. The second kappa shape index (κ2) is 7.41. The van der Waals surface area contributed by atoms with Gasteiger partial charge in [0.25, 0.3) is 0 Å². The molecule has 21 heavy (non-hydrogen) atoms. The quantitative estimate of drug-likeness (QED) is 0.884. The third kappa shape index (κ3) is 4.30. The van der Waals surface area contributed by atoms with E-state index in [2.05, 4.69) is 12.2 Å². The molecule has 1 N–H and O–H groups in total. The van der Waals surface area contributed by atoms with Gasteiger partial charge in [-0.05, 0) is 36.4 Å². The number of hydrogen-bond donors (Lipinski definition) is 1. The third-order valence-electron chi connectivity index (χ3n) is 3.08. The molecule has 0 heterocycles. The van der Waals surface area contributed by atoms with Crippen molar-refractivity contribution in [2.75, 3.05) is 6.54 Å². The van der Waals surface area contributed by atoms with E-state index < -0.39 is 5.82 Å². The van der Waals surface area contributed by atoms with Crippen molar-refractivity contribution in [1.29, 1.82) is 5.26 Å². The normalized spacial score (nSPS) is 10.1. The van der Waals surface area contributed by atoms with E-state index in [1.807, 2.05) is 30.3 Å². The Morgan fingerprint density at radius 3 is 2.57 bits per heavy atom. The van der Waals surface area contributed by atoms with Gasteiger partial charge in [0, 0.05) is 12.1 Å². The molecule has 0 aliphatic rings. The number of nitrogens with one attached hydrogen (secondary N) is 1. The number of halogens is 1. The first-order valence-corrected chi connectivity index (χ1v) is 6.84. The highest BCUT2D eigenvalue weighted by Crippen LogP contribution is 2.16. The molecule has 0 saturated heterocycles. The van der Waals surface area contributed by atoms with Crippen molar-refractivity contribution in [2.24, 2.45) is 0 Å². The van der Waals surface area contributed by atoms with E-state index in [0.29, 0.717) is 16.9 Å². The maximum atomic E-state index is 13.7. The molecule has 3 nitrogen and oxygen atoms in total. The van der Waals surface area contributed by atoms with Gasteiger partial charge in [-0.3, -0.25) is 0 Å². The van der Waals surface area contributed by atoms with Gasteiger partial charge < -0.3 is 10.1 Å². The van der Waals surface area contributed by atoms with Crippen molar-refractivity contribution in [3.63, 3.8) is 0 Å². The summed E-state index contributed by atoms with van der Waals surface area (Å²) in [5.74, 6) is 0.275. The number of hydrogen-bond acceptors (Lipinski definition) is 3. The van der Waals surface area contributed by atoms with Gasteiger partial charge in [0.05, 0.1) is 11.6 Å². The fraction of sp³-hybridized carbons (Fsp3) is 0.235. The van der Waals surface area contributed by atoms with Gasteiger partial charge in [0.1, 0.15) is 18.2 Å². The molecule has 2 aromatic rings. The summed E-state index contributed by atoms with van der Waals surface area (Å²) in [6, 6.07) is 14.0. The Morgan fingerprint density at radius 1 is 1.19 bits per heavy atom. The van der Waals surface area contributed by atoms with Crippen LogP contribution in [0.3, 0.4) is 0 Å². The number of rotatable bonds is 6. The minimum absolute atomic E-state index is 0.143. The van der Waals surface area contributed by atoms with Gasteiger partial charge in [0.15, 0.2) is 0 Å². The lowest BCUT2D eigenvalue weighted by Gasteiger charge is -2.08. The second-order valence-corrected chi connectivity index (χ2v) is 4.63. The number of nitrogens with zero attached hydrogens (tertiary/aromatic N) is 1. The van der Waals surface area contributed by atoms with Crippen LogP contribution < -0.4 is 10.1 Å². The van der Waals surface area contributed by atoms with E-state index in [-0.39, 0.29) is 6.61 Å². The van der Waals surface area contributed by atoms with E-state index in [1.54, 1.807) is 12.1 Å². The predicted octanol–water partition coefficient (Wildman–Crippen LogP) is 3.39. The van der Waals surface area contributed by atoms with E-state index in [1.165, 1.54) is 11.6 Å². The third-order valence-corrected chi connectivity index (χ3v) is 3.08. The minimum Gasteiger partial charge on any atom is -0.489 e. The summed E-state index contributed by atoms with van der Waals surface area (Å²) in [5, 5.41) is 11.9. The molecule has 108 valence electrons. The molecule has 0 unspecified atom stereocenters. The van der Waals surface area contributed by atoms with Crippen LogP contribution in [0.1, 0.15) is 23.6 Å². The largest absolute Gasteiger partial charge is 0.489 e. The van der Waals surface area contributed by atoms with Gasteiger partial charge in [-0.1, -0.05) is 25.1 Å². The summed E-state index contributed by atoms with van der Waals surface area (Å²) >= 11 is 0. The standard InChI is InChI=1S/C17H17FN2O/c1-2-20-11-13-4-7-16(8-5-13)21-12-15-6-3-14(10-19)9-17(15)18/h3-9,20H,2,11-12H2,1H3. The highest BCUT2D eigenvalue weighted by Gasteiger charge is 2.04. The van der Waals surface area contributed by atoms with E-state index >= 15 is 0 Å². The monoisotopic (exact) mass is 284 g/mol. The molecule has 0 fully saturated rings. The van der Waals surface area contributed by atoms with Crippen LogP contribution in [0.25, 0.3) is 0 Å². The zero-order valence-electron chi connectivity index (χ0n) is 11.9. The number of ether oxygens (including phenoxy) is 1. The Kier molecular flexibility index (Phi) is 5.30. The molecule has 0 saturated carbocycles. The Morgan fingerprint density at radius 2 is 1.95 bits per heavy atom. The first-order valence-electron chi connectivity index (χ1n) is 6.84. The zero-order valence-corrected chi connectivity index (χ0v) is 11.9. The average molecular weight is 284 g/mol. The summed E-state index contributed by atoms with van der Waals surface area (Å²) < 4.78 is 19.3. The van der Waals surface area contributed by atoms with Crippen molar-refractivity contribution in [2.45, 2.75) is 20.1 Å².